The smallest absolute Gasteiger partial charge is 0.257 e. The molecule has 0 bridgehead atoms. The Morgan fingerprint density at radius 1 is 1.58 bits per heavy atom. The Kier molecular flexibility index (Phi) is 4.29. The van der Waals surface area contributed by atoms with Gasteiger partial charge in [-0.05, 0) is 24.6 Å². The van der Waals surface area contributed by atoms with E-state index in [9.17, 15) is 4.79 Å². The van der Waals surface area contributed by atoms with Gasteiger partial charge in [0.25, 0.3) is 5.91 Å². The molecule has 2 N–H and O–H groups in total. The fraction of sp³-hybridized carbons (Fsp3) is 0.143. The number of aliphatic hydroxyl groups excluding tert-OH is 1. The summed E-state index contributed by atoms with van der Waals surface area (Å²) in [6.45, 7) is 1.70. The summed E-state index contributed by atoms with van der Waals surface area (Å²) in [4.78, 5) is 16.9. The van der Waals surface area contributed by atoms with E-state index in [0.29, 0.717) is 11.4 Å². The van der Waals surface area contributed by atoms with E-state index in [0.717, 1.165) is 10.4 Å². The van der Waals surface area contributed by atoms with Gasteiger partial charge in [0, 0.05) is 11.6 Å². The molecule has 0 atom stereocenters. The number of anilines is 1. The molecule has 1 amide bonds. The summed E-state index contributed by atoms with van der Waals surface area (Å²) in [6, 6.07) is 5.40. The first-order valence-corrected chi connectivity index (χ1v) is 6.50. The van der Waals surface area contributed by atoms with E-state index >= 15 is 0 Å². The van der Waals surface area contributed by atoms with Gasteiger partial charge in [-0.15, -0.1) is 11.3 Å². The Morgan fingerprint density at radius 3 is 3.16 bits per heavy atom. The molecule has 2 heterocycles. The molecule has 0 spiro atoms. The van der Waals surface area contributed by atoms with Crippen molar-refractivity contribution in [3.05, 3.63) is 45.8 Å². The zero-order valence-electron chi connectivity index (χ0n) is 10.3. The molecular weight excluding hydrogens is 260 g/mol. The summed E-state index contributed by atoms with van der Waals surface area (Å²) >= 11 is 1.37. The maximum absolute atomic E-state index is 12.0. The average Bonchev–Trinajstić information content (AvgIpc) is 2.88. The summed E-state index contributed by atoms with van der Waals surface area (Å²) in [6.07, 6.45) is 1.63. The van der Waals surface area contributed by atoms with Gasteiger partial charge in [0.1, 0.15) is 12.4 Å². The lowest BCUT2D eigenvalue weighted by Crippen LogP contribution is -2.12. The first-order valence-electron chi connectivity index (χ1n) is 5.62. The van der Waals surface area contributed by atoms with Crippen molar-refractivity contribution >= 4 is 23.1 Å². The van der Waals surface area contributed by atoms with E-state index in [1.165, 1.54) is 11.3 Å². The molecule has 4 nitrogen and oxygen atoms in total. The number of carbonyl (C=O) groups is 1. The topological polar surface area (TPSA) is 62.2 Å². The quantitative estimate of drug-likeness (QED) is 0.822. The van der Waals surface area contributed by atoms with Gasteiger partial charge in [-0.25, -0.2) is 4.98 Å². The van der Waals surface area contributed by atoms with Crippen LogP contribution in [0.1, 0.15) is 20.8 Å². The number of amides is 1. The molecule has 2 aromatic rings. The lowest BCUT2D eigenvalue weighted by Gasteiger charge is -2.05. The number of aryl methyl sites for hydroxylation is 1. The summed E-state index contributed by atoms with van der Waals surface area (Å²) in [5.41, 5.74) is 1.45. The zero-order valence-corrected chi connectivity index (χ0v) is 11.1. The summed E-state index contributed by atoms with van der Waals surface area (Å²) in [5.74, 6) is 5.66. The number of rotatable bonds is 2. The van der Waals surface area contributed by atoms with Gasteiger partial charge in [0.2, 0.25) is 0 Å². The Bertz CT molecular complexity index is 653. The van der Waals surface area contributed by atoms with Crippen LogP contribution in [0, 0.1) is 18.8 Å². The first-order chi connectivity index (χ1) is 9.20. The lowest BCUT2D eigenvalue weighted by atomic mass is 10.2. The highest BCUT2D eigenvalue weighted by atomic mass is 32.1. The van der Waals surface area contributed by atoms with Crippen LogP contribution in [0.5, 0.6) is 0 Å². The predicted octanol–water partition coefficient (Wildman–Crippen LogP) is 2.05. The Morgan fingerprint density at radius 2 is 2.42 bits per heavy atom. The Hall–Kier alpha value is -2.16. The minimum atomic E-state index is -0.213. The van der Waals surface area contributed by atoms with E-state index in [1.54, 1.807) is 17.6 Å². The summed E-state index contributed by atoms with van der Waals surface area (Å²) < 4.78 is 0. The standard InChI is InChI=1S/C14H12N2O2S/c1-10-4-2-6-15-13(10)16-14(18)11-8-12(19-9-11)5-3-7-17/h2,4,6,8-9,17H,7H2,1H3,(H,15,16,18). The van der Waals surface area contributed by atoms with E-state index in [1.807, 2.05) is 19.1 Å². The monoisotopic (exact) mass is 272 g/mol. The molecule has 0 aliphatic heterocycles. The van der Waals surface area contributed by atoms with Crippen LogP contribution in [0.4, 0.5) is 5.82 Å². The molecule has 0 aliphatic carbocycles. The van der Waals surface area contributed by atoms with Crippen molar-refractivity contribution in [2.24, 2.45) is 0 Å². The van der Waals surface area contributed by atoms with Gasteiger partial charge in [-0.3, -0.25) is 4.79 Å². The third-order valence-electron chi connectivity index (χ3n) is 2.39. The molecule has 0 aromatic carbocycles. The molecule has 5 heteroatoms. The normalized spacial score (nSPS) is 9.58. The molecule has 0 radical (unpaired) electrons. The molecule has 2 aromatic heterocycles. The third-order valence-corrected chi connectivity index (χ3v) is 3.24. The Labute approximate surface area is 115 Å². The second-order valence-corrected chi connectivity index (χ2v) is 4.69. The summed E-state index contributed by atoms with van der Waals surface area (Å²) in [7, 11) is 0. The van der Waals surface area contributed by atoms with Crippen LogP contribution in [0.25, 0.3) is 0 Å². The van der Waals surface area contributed by atoms with Crippen molar-refractivity contribution < 1.29 is 9.90 Å². The molecule has 2 rings (SSSR count). The largest absolute Gasteiger partial charge is 0.384 e. The van der Waals surface area contributed by atoms with Crippen LogP contribution in [-0.2, 0) is 0 Å². The summed E-state index contributed by atoms with van der Waals surface area (Å²) in [5, 5.41) is 13.1. The Balaban J connectivity index is 2.12. The number of nitrogens with one attached hydrogen (secondary N) is 1. The number of nitrogens with zero attached hydrogens (tertiary/aromatic N) is 1. The first kappa shape index (κ1) is 13.3. The molecule has 0 fully saturated rings. The number of aliphatic hydroxyl groups is 1. The third kappa shape index (κ3) is 3.41. The zero-order chi connectivity index (χ0) is 13.7. The molecule has 0 aliphatic rings. The van der Waals surface area contributed by atoms with Crippen molar-refractivity contribution in [2.45, 2.75) is 6.92 Å². The minimum Gasteiger partial charge on any atom is -0.384 e. The minimum absolute atomic E-state index is 0.188. The number of hydrogen-bond donors (Lipinski definition) is 2. The highest BCUT2D eigenvalue weighted by molar-refractivity contribution is 7.10. The SMILES string of the molecule is Cc1cccnc1NC(=O)c1csc(C#CCO)c1. The predicted molar refractivity (Wildman–Crippen MR) is 75.2 cm³/mol. The van der Waals surface area contributed by atoms with Crippen molar-refractivity contribution in [2.75, 3.05) is 11.9 Å². The molecule has 0 unspecified atom stereocenters. The average molecular weight is 272 g/mol. The van der Waals surface area contributed by atoms with Gasteiger partial charge < -0.3 is 10.4 Å². The van der Waals surface area contributed by atoms with Crippen LogP contribution in [0.2, 0.25) is 0 Å². The van der Waals surface area contributed by atoms with Gasteiger partial charge in [-0.1, -0.05) is 17.9 Å². The van der Waals surface area contributed by atoms with E-state index in [2.05, 4.69) is 22.1 Å². The second kappa shape index (κ2) is 6.14. The fourth-order valence-corrected chi connectivity index (χ4v) is 2.20. The van der Waals surface area contributed by atoms with Gasteiger partial charge >= 0.3 is 0 Å². The number of thiophene rings is 1. The second-order valence-electron chi connectivity index (χ2n) is 3.78. The molecule has 0 saturated carbocycles. The maximum Gasteiger partial charge on any atom is 0.257 e. The van der Waals surface area contributed by atoms with E-state index in [-0.39, 0.29) is 12.5 Å². The van der Waals surface area contributed by atoms with Crippen LogP contribution in [0.3, 0.4) is 0 Å². The number of carbonyl (C=O) groups excluding carboxylic acids is 1. The number of hydrogen-bond acceptors (Lipinski definition) is 4. The van der Waals surface area contributed by atoms with Gasteiger partial charge in [-0.2, -0.15) is 0 Å². The van der Waals surface area contributed by atoms with Crippen LogP contribution < -0.4 is 5.32 Å². The highest BCUT2D eigenvalue weighted by Gasteiger charge is 2.10. The number of aromatic nitrogens is 1. The van der Waals surface area contributed by atoms with E-state index in [4.69, 9.17) is 5.11 Å². The number of pyridine rings is 1. The van der Waals surface area contributed by atoms with Gasteiger partial charge in [0.15, 0.2) is 0 Å². The molecular formula is C14H12N2O2S. The van der Waals surface area contributed by atoms with Crippen LogP contribution in [-0.4, -0.2) is 22.6 Å². The highest BCUT2D eigenvalue weighted by Crippen LogP contribution is 2.16. The van der Waals surface area contributed by atoms with Crippen molar-refractivity contribution in [3.63, 3.8) is 0 Å². The van der Waals surface area contributed by atoms with Crippen LogP contribution >= 0.6 is 11.3 Å². The van der Waals surface area contributed by atoms with Gasteiger partial charge in [0.05, 0.1) is 10.4 Å². The lowest BCUT2D eigenvalue weighted by molar-refractivity contribution is 0.102. The fourth-order valence-electron chi connectivity index (χ4n) is 1.44. The van der Waals surface area contributed by atoms with Crippen molar-refractivity contribution in [3.8, 4) is 11.8 Å². The maximum atomic E-state index is 12.0. The van der Waals surface area contributed by atoms with Crippen molar-refractivity contribution in [1.29, 1.82) is 0 Å². The van der Waals surface area contributed by atoms with Crippen molar-refractivity contribution in [1.82, 2.24) is 4.98 Å². The molecule has 0 saturated heterocycles. The van der Waals surface area contributed by atoms with Crippen LogP contribution in [0.15, 0.2) is 29.8 Å². The molecule has 96 valence electrons. The van der Waals surface area contributed by atoms with E-state index < -0.39 is 0 Å². The molecule has 19 heavy (non-hydrogen) atoms.